The molecule has 0 saturated heterocycles. The van der Waals surface area contributed by atoms with E-state index in [1.165, 1.54) is 12.1 Å². The third-order valence-electron chi connectivity index (χ3n) is 2.73. The molecule has 17 heavy (non-hydrogen) atoms. The summed E-state index contributed by atoms with van der Waals surface area (Å²) in [6.07, 6.45) is 0.00267. The van der Waals surface area contributed by atoms with Gasteiger partial charge in [-0.1, -0.05) is 13.8 Å². The van der Waals surface area contributed by atoms with E-state index in [2.05, 4.69) is 0 Å². The second-order valence-corrected chi connectivity index (χ2v) is 4.37. The number of benzene rings is 1. The van der Waals surface area contributed by atoms with Gasteiger partial charge in [0.05, 0.1) is 18.3 Å². The van der Waals surface area contributed by atoms with Gasteiger partial charge in [0.2, 0.25) is 0 Å². The molecule has 0 aliphatic rings. The Morgan fingerprint density at radius 2 is 2.06 bits per heavy atom. The smallest absolute Gasteiger partial charge is 0.335 e. The minimum atomic E-state index is -1.07. The first-order chi connectivity index (χ1) is 7.91. The van der Waals surface area contributed by atoms with Crippen molar-refractivity contribution in [2.45, 2.75) is 33.5 Å². The van der Waals surface area contributed by atoms with Crippen LogP contribution in [0.3, 0.4) is 0 Å². The van der Waals surface area contributed by atoms with Crippen LogP contribution in [0.5, 0.6) is 0 Å². The van der Waals surface area contributed by atoms with Crippen LogP contribution >= 0.6 is 0 Å². The van der Waals surface area contributed by atoms with Crippen molar-refractivity contribution in [3.05, 3.63) is 35.1 Å². The molecular weight excluding hydrogens is 223 g/mol. The lowest BCUT2D eigenvalue weighted by molar-refractivity contribution is 0.0221. The molecule has 4 heteroatoms. The Bertz CT molecular complexity index is 402. The van der Waals surface area contributed by atoms with Crippen molar-refractivity contribution in [3.63, 3.8) is 0 Å². The van der Waals surface area contributed by atoms with E-state index in [0.29, 0.717) is 5.92 Å². The van der Waals surface area contributed by atoms with Crippen LogP contribution in [-0.2, 0) is 11.3 Å². The van der Waals surface area contributed by atoms with Crippen molar-refractivity contribution in [2.75, 3.05) is 0 Å². The van der Waals surface area contributed by atoms with Crippen molar-refractivity contribution >= 4 is 5.97 Å². The number of ether oxygens (including phenoxy) is 1. The summed E-state index contributed by atoms with van der Waals surface area (Å²) in [6.45, 7) is 6.01. The highest BCUT2D eigenvalue weighted by atomic mass is 19.1. The molecule has 0 radical (unpaired) electrons. The highest BCUT2D eigenvalue weighted by Crippen LogP contribution is 2.15. The highest BCUT2D eigenvalue weighted by Gasteiger charge is 2.11. The van der Waals surface area contributed by atoms with Crippen LogP contribution in [0, 0.1) is 11.7 Å². The molecule has 0 bridgehead atoms. The second kappa shape index (κ2) is 5.77. The maximum atomic E-state index is 13.4. The Balaban J connectivity index is 2.76. The first kappa shape index (κ1) is 13.6. The molecule has 0 spiro atoms. The van der Waals surface area contributed by atoms with Crippen LogP contribution in [0.15, 0.2) is 18.2 Å². The van der Waals surface area contributed by atoms with Gasteiger partial charge < -0.3 is 9.84 Å². The largest absolute Gasteiger partial charge is 0.478 e. The Kier molecular flexibility index (Phi) is 4.63. The minimum absolute atomic E-state index is 0.00267. The highest BCUT2D eigenvalue weighted by molar-refractivity contribution is 5.87. The van der Waals surface area contributed by atoms with Crippen LogP contribution in [0.1, 0.15) is 36.7 Å². The molecule has 1 aromatic carbocycles. The zero-order valence-corrected chi connectivity index (χ0v) is 10.2. The molecule has 0 heterocycles. The molecule has 0 amide bonds. The maximum Gasteiger partial charge on any atom is 0.335 e. The topological polar surface area (TPSA) is 46.5 Å². The summed E-state index contributed by atoms with van der Waals surface area (Å²) in [5, 5.41) is 8.80. The van der Waals surface area contributed by atoms with E-state index in [1.807, 2.05) is 20.8 Å². The first-order valence-electron chi connectivity index (χ1n) is 5.55. The average molecular weight is 240 g/mol. The molecule has 0 aliphatic heterocycles. The number of aromatic carboxylic acids is 1. The lowest BCUT2D eigenvalue weighted by atomic mass is 10.1. The molecule has 1 N–H and O–H groups in total. The van der Waals surface area contributed by atoms with E-state index in [0.717, 1.165) is 6.07 Å². The summed E-state index contributed by atoms with van der Waals surface area (Å²) >= 11 is 0. The molecular formula is C13H17FO3. The van der Waals surface area contributed by atoms with Crippen LogP contribution in [-0.4, -0.2) is 17.2 Å². The SMILES string of the molecule is CC(C)C(C)OCc1cc(C(=O)O)ccc1F. The molecule has 94 valence electrons. The number of carboxylic acid groups (broad SMARTS) is 1. The molecule has 0 aliphatic carbocycles. The van der Waals surface area contributed by atoms with E-state index in [9.17, 15) is 9.18 Å². The van der Waals surface area contributed by atoms with Crippen LogP contribution in [0.4, 0.5) is 4.39 Å². The number of hydrogen-bond acceptors (Lipinski definition) is 2. The lowest BCUT2D eigenvalue weighted by Crippen LogP contribution is -2.15. The quantitative estimate of drug-likeness (QED) is 0.860. The molecule has 1 unspecified atom stereocenters. The summed E-state index contributed by atoms with van der Waals surface area (Å²) in [7, 11) is 0. The van der Waals surface area contributed by atoms with E-state index in [4.69, 9.17) is 9.84 Å². The number of carbonyl (C=O) groups is 1. The number of rotatable bonds is 5. The van der Waals surface area contributed by atoms with Gasteiger partial charge in [-0.3, -0.25) is 0 Å². The van der Waals surface area contributed by atoms with E-state index >= 15 is 0 Å². The van der Waals surface area contributed by atoms with Crippen molar-refractivity contribution in [3.8, 4) is 0 Å². The van der Waals surface area contributed by atoms with Gasteiger partial charge in [-0.2, -0.15) is 0 Å². The summed E-state index contributed by atoms with van der Waals surface area (Å²) in [4.78, 5) is 10.7. The van der Waals surface area contributed by atoms with Crippen molar-refractivity contribution in [2.24, 2.45) is 5.92 Å². The fourth-order valence-corrected chi connectivity index (χ4v) is 1.23. The second-order valence-electron chi connectivity index (χ2n) is 4.37. The third kappa shape index (κ3) is 3.82. The molecule has 3 nitrogen and oxygen atoms in total. The van der Waals surface area contributed by atoms with Crippen molar-refractivity contribution in [1.29, 1.82) is 0 Å². The minimum Gasteiger partial charge on any atom is -0.478 e. The Labute approximate surface area is 100 Å². The Morgan fingerprint density at radius 1 is 1.41 bits per heavy atom. The summed E-state index contributed by atoms with van der Waals surface area (Å²) in [5.74, 6) is -1.17. The molecule has 1 atom stereocenters. The third-order valence-corrected chi connectivity index (χ3v) is 2.73. The van der Waals surface area contributed by atoms with Gasteiger partial charge >= 0.3 is 5.97 Å². The van der Waals surface area contributed by atoms with Gasteiger partial charge in [-0.15, -0.1) is 0 Å². The molecule has 1 aromatic rings. The van der Waals surface area contributed by atoms with Gasteiger partial charge in [0.15, 0.2) is 0 Å². The molecule has 0 fully saturated rings. The average Bonchev–Trinajstić information content (AvgIpc) is 2.26. The summed E-state index contributed by atoms with van der Waals surface area (Å²) in [6, 6.07) is 3.71. The van der Waals surface area contributed by atoms with E-state index in [-0.39, 0.29) is 23.8 Å². The zero-order chi connectivity index (χ0) is 13.0. The predicted molar refractivity (Wildman–Crippen MR) is 62.4 cm³/mol. The van der Waals surface area contributed by atoms with E-state index < -0.39 is 11.8 Å². The molecule has 0 saturated carbocycles. The van der Waals surface area contributed by atoms with Gasteiger partial charge in [0, 0.05) is 5.56 Å². The fraction of sp³-hybridized carbons (Fsp3) is 0.462. The number of halogens is 1. The van der Waals surface area contributed by atoms with Crippen molar-refractivity contribution in [1.82, 2.24) is 0 Å². The van der Waals surface area contributed by atoms with Crippen molar-refractivity contribution < 1.29 is 19.0 Å². The predicted octanol–water partition coefficient (Wildman–Crippen LogP) is 3.09. The normalized spacial score (nSPS) is 12.8. The molecule has 1 rings (SSSR count). The van der Waals surface area contributed by atoms with Crippen LogP contribution < -0.4 is 0 Å². The number of hydrogen-bond donors (Lipinski definition) is 1. The molecule has 0 aromatic heterocycles. The number of carboxylic acids is 1. The first-order valence-corrected chi connectivity index (χ1v) is 5.55. The van der Waals surface area contributed by atoms with E-state index in [1.54, 1.807) is 0 Å². The van der Waals surface area contributed by atoms with Gasteiger partial charge in [0.1, 0.15) is 5.82 Å². The fourth-order valence-electron chi connectivity index (χ4n) is 1.23. The lowest BCUT2D eigenvalue weighted by Gasteiger charge is -2.16. The standard InChI is InChI=1S/C13H17FO3/c1-8(2)9(3)17-7-11-6-10(13(15)16)4-5-12(11)14/h4-6,8-9H,7H2,1-3H3,(H,15,16). The monoisotopic (exact) mass is 240 g/mol. The summed E-state index contributed by atoms with van der Waals surface area (Å²) in [5.41, 5.74) is 0.347. The van der Waals surface area contributed by atoms with Gasteiger partial charge in [-0.25, -0.2) is 9.18 Å². The summed E-state index contributed by atoms with van der Waals surface area (Å²) < 4.78 is 18.9. The van der Waals surface area contributed by atoms with Gasteiger partial charge in [0.25, 0.3) is 0 Å². The van der Waals surface area contributed by atoms with Gasteiger partial charge in [-0.05, 0) is 31.0 Å². The van der Waals surface area contributed by atoms with Crippen LogP contribution in [0.25, 0.3) is 0 Å². The Morgan fingerprint density at radius 3 is 2.59 bits per heavy atom. The van der Waals surface area contributed by atoms with Crippen LogP contribution in [0.2, 0.25) is 0 Å². The Hall–Kier alpha value is -1.42. The maximum absolute atomic E-state index is 13.4. The zero-order valence-electron chi connectivity index (χ0n) is 10.2.